The topological polar surface area (TPSA) is 23.6 Å². The number of fused-ring (bicyclic) bond motifs is 1. The monoisotopic (exact) mass is 432 g/mol. The van der Waals surface area contributed by atoms with Crippen LogP contribution in [0.25, 0.3) is 0 Å². The molecule has 0 saturated carbocycles. The molecule has 172 valence electrons. The Labute approximate surface area is 194 Å². The second-order valence-electron chi connectivity index (χ2n) is 9.85. The number of hydrogen-bond acceptors (Lipinski definition) is 3. The molecule has 0 atom stereocenters. The molecule has 2 aromatic carbocycles. The van der Waals surface area contributed by atoms with E-state index < -0.39 is 0 Å². The lowest BCUT2D eigenvalue weighted by Crippen LogP contribution is -2.34. The predicted molar refractivity (Wildman–Crippen MR) is 133 cm³/mol. The lowest BCUT2D eigenvalue weighted by Gasteiger charge is -2.31. The van der Waals surface area contributed by atoms with Crippen LogP contribution in [0.15, 0.2) is 48.5 Å². The molecule has 0 spiro atoms. The number of unbranched alkanes of at least 4 members (excludes halogenated alkanes) is 1. The highest BCUT2D eigenvalue weighted by molar-refractivity contribution is 5.96. The van der Waals surface area contributed by atoms with Crippen LogP contribution in [-0.4, -0.2) is 48.3 Å². The molecule has 1 fully saturated rings. The third-order valence-corrected chi connectivity index (χ3v) is 7.49. The van der Waals surface area contributed by atoms with Gasteiger partial charge in [-0.1, -0.05) is 55.8 Å². The molecular weight excluding hydrogens is 392 g/mol. The Morgan fingerprint density at radius 1 is 0.906 bits per heavy atom. The lowest BCUT2D eigenvalue weighted by molar-refractivity contribution is 0.0962. The number of piperidine rings is 1. The van der Waals surface area contributed by atoms with Gasteiger partial charge in [-0.3, -0.25) is 9.69 Å². The van der Waals surface area contributed by atoms with Crippen molar-refractivity contribution in [1.82, 2.24) is 9.80 Å². The Morgan fingerprint density at radius 2 is 1.66 bits per heavy atom. The summed E-state index contributed by atoms with van der Waals surface area (Å²) in [6, 6.07) is 17.3. The van der Waals surface area contributed by atoms with E-state index in [4.69, 9.17) is 0 Å². The van der Waals surface area contributed by atoms with E-state index in [0.29, 0.717) is 12.2 Å². The third kappa shape index (κ3) is 6.52. The molecule has 2 aliphatic heterocycles. The number of carbonyl (C=O) groups excluding carboxylic acids is 1. The SMILES string of the molecule is CCCCN1CCC(CCC(=O)c2ccc3c(c2)CCN(Cc2ccccc2)CC3)CC1. The summed E-state index contributed by atoms with van der Waals surface area (Å²) < 4.78 is 0. The number of Topliss-reactive ketones (excluding diaryl/α,β-unsaturated/α-hetero) is 1. The first kappa shape index (κ1) is 23.2. The Balaban J connectivity index is 1.26. The summed E-state index contributed by atoms with van der Waals surface area (Å²) in [7, 11) is 0. The molecule has 4 rings (SSSR count). The summed E-state index contributed by atoms with van der Waals surface area (Å²) in [4.78, 5) is 18.1. The number of ketones is 1. The maximum absolute atomic E-state index is 12.9. The highest BCUT2D eigenvalue weighted by Crippen LogP contribution is 2.24. The van der Waals surface area contributed by atoms with Gasteiger partial charge in [0.15, 0.2) is 5.78 Å². The molecule has 2 heterocycles. The second kappa shape index (κ2) is 11.8. The number of carbonyl (C=O) groups is 1. The number of benzene rings is 2. The molecule has 0 amide bonds. The van der Waals surface area contributed by atoms with Gasteiger partial charge in [-0.05, 0) is 86.8 Å². The van der Waals surface area contributed by atoms with E-state index in [9.17, 15) is 4.79 Å². The van der Waals surface area contributed by atoms with Crippen molar-refractivity contribution in [3.63, 3.8) is 0 Å². The van der Waals surface area contributed by atoms with Gasteiger partial charge in [-0.25, -0.2) is 0 Å². The van der Waals surface area contributed by atoms with Crippen molar-refractivity contribution in [3.8, 4) is 0 Å². The fourth-order valence-corrected chi connectivity index (χ4v) is 5.30. The number of likely N-dealkylation sites (tertiary alicyclic amines) is 1. The van der Waals surface area contributed by atoms with Crippen molar-refractivity contribution >= 4 is 5.78 Å². The zero-order chi connectivity index (χ0) is 22.2. The highest BCUT2D eigenvalue weighted by atomic mass is 16.1. The first-order valence-electron chi connectivity index (χ1n) is 12.8. The molecule has 2 aliphatic rings. The van der Waals surface area contributed by atoms with E-state index in [2.05, 4.69) is 65.3 Å². The summed E-state index contributed by atoms with van der Waals surface area (Å²) in [6.07, 6.45) is 9.00. The standard InChI is InChI=1S/C29H40N2O/c1-2-3-17-30-18-13-24(14-19-30)9-12-29(32)28-11-10-26-15-20-31(21-16-27(26)22-28)23-25-7-5-4-6-8-25/h4-8,10-11,22,24H,2-3,9,12-21,23H2,1H3. The Bertz CT molecular complexity index is 855. The van der Waals surface area contributed by atoms with Crippen molar-refractivity contribution in [1.29, 1.82) is 0 Å². The molecule has 0 radical (unpaired) electrons. The normalized spacial score (nSPS) is 18.3. The van der Waals surface area contributed by atoms with Crippen LogP contribution in [0.5, 0.6) is 0 Å². The van der Waals surface area contributed by atoms with Crippen molar-refractivity contribution in [2.45, 2.75) is 64.8 Å². The van der Waals surface area contributed by atoms with Gasteiger partial charge < -0.3 is 4.90 Å². The van der Waals surface area contributed by atoms with Crippen molar-refractivity contribution in [2.75, 3.05) is 32.7 Å². The quantitative estimate of drug-likeness (QED) is 0.471. The van der Waals surface area contributed by atoms with Crippen molar-refractivity contribution in [2.24, 2.45) is 5.92 Å². The van der Waals surface area contributed by atoms with Gasteiger partial charge in [0.2, 0.25) is 0 Å². The Hall–Kier alpha value is -1.97. The fourth-order valence-electron chi connectivity index (χ4n) is 5.30. The molecule has 3 heteroatoms. The average molecular weight is 433 g/mol. The lowest BCUT2D eigenvalue weighted by atomic mass is 9.89. The summed E-state index contributed by atoms with van der Waals surface area (Å²) in [5.74, 6) is 1.07. The predicted octanol–water partition coefficient (Wildman–Crippen LogP) is 5.76. The van der Waals surface area contributed by atoms with Crippen molar-refractivity contribution < 1.29 is 4.79 Å². The first-order chi connectivity index (χ1) is 15.7. The van der Waals surface area contributed by atoms with Crippen LogP contribution in [0.2, 0.25) is 0 Å². The van der Waals surface area contributed by atoms with E-state index in [1.165, 1.54) is 62.0 Å². The van der Waals surface area contributed by atoms with E-state index in [-0.39, 0.29) is 0 Å². The van der Waals surface area contributed by atoms with Crippen LogP contribution >= 0.6 is 0 Å². The molecule has 0 unspecified atom stereocenters. The third-order valence-electron chi connectivity index (χ3n) is 7.49. The van der Waals surface area contributed by atoms with Crippen molar-refractivity contribution in [3.05, 3.63) is 70.8 Å². The second-order valence-corrected chi connectivity index (χ2v) is 9.85. The average Bonchev–Trinajstić information content (AvgIpc) is 3.04. The summed E-state index contributed by atoms with van der Waals surface area (Å²) >= 11 is 0. The zero-order valence-electron chi connectivity index (χ0n) is 19.9. The van der Waals surface area contributed by atoms with Gasteiger partial charge in [0.05, 0.1) is 0 Å². The van der Waals surface area contributed by atoms with Crippen LogP contribution in [0.1, 0.15) is 72.5 Å². The molecule has 1 saturated heterocycles. The van der Waals surface area contributed by atoms with Crippen LogP contribution < -0.4 is 0 Å². The van der Waals surface area contributed by atoms with Crippen LogP contribution in [0.3, 0.4) is 0 Å². The number of rotatable bonds is 9. The van der Waals surface area contributed by atoms with Gasteiger partial charge in [0.25, 0.3) is 0 Å². The largest absolute Gasteiger partial charge is 0.303 e. The van der Waals surface area contributed by atoms with E-state index in [1.54, 1.807) is 0 Å². The maximum Gasteiger partial charge on any atom is 0.162 e. The highest BCUT2D eigenvalue weighted by Gasteiger charge is 2.21. The van der Waals surface area contributed by atoms with Gasteiger partial charge in [-0.2, -0.15) is 0 Å². The zero-order valence-corrected chi connectivity index (χ0v) is 19.9. The van der Waals surface area contributed by atoms with Gasteiger partial charge in [0.1, 0.15) is 0 Å². The minimum Gasteiger partial charge on any atom is -0.303 e. The molecule has 3 nitrogen and oxygen atoms in total. The first-order valence-corrected chi connectivity index (χ1v) is 12.8. The van der Waals surface area contributed by atoms with E-state index >= 15 is 0 Å². The van der Waals surface area contributed by atoms with E-state index in [1.807, 2.05) is 0 Å². The molecule has 0 bridgehead atoms. The summed E-state index contributed by atoms with van der Waals surface area (Å²) in [5.41, 5.74) is 5.12. The molecule has 0 aliphatic carbocycles. The van der Waals surface area contributed by atoms with E-state index in [0.717, 1.165) is 50.4 Å². The van der Waals surface area contributed by atoms with Crippen LogP contribution in [0, 0.1) is 5.92 Å². The van der Waals surface area contributed by atoms with Crippen LogP contribution in [-0.2, 0) is 19.4 Å². The molecule has 0 N–H and O–H groups in total. The number of hydrogen-bond donors (Lipinski definition) is 0. The smallest absolute Gasteiger partial charge is 0.162 e. The molecule has 0 aromatic heterocycles. The maximum atomic E-state index is 12.9. The molecule has 32 heavy (non-hydrogen) atoms. The molecular formula is C29H40N2O. The number of nitrogens with zero attached hydrogens (tertiary/aromatic N) is 2. The summed E-state index contributed by atoms with van der Waals surface area (Å²) in [6.45, 7) is 9.12. The molecule has 2 aromatic rings. The fraction of sp³-hybridized carbons (Fsp3) is 0.552. The van der Waals surface area contributed by atoms with Gasteiger partial charge in [-0.15, -0.1) is 0 Å². The Morgan fingerprint density at radius 3 is 2.41 bits per heavy atom. The minimum absolute atomic E-state index is 0.339. The Kier molecular flexibility index (Phi) is 8.53. The summed E-state index contributed by atoms with van der Waals surface area (Å²) in [5, 5.41) is 0. The van der Waals surface area contributed by atoms with Crippen LogP contribution in [0.4, 0.5) is 0 Å². The van der Waals surface area contributed by atoms with Gasteiger partial charge >= 0.3 is 0 Å². The minimum atomic E-state index is 0.339. The van der Waals surface area contributed by atoms with Gasteiger partial charge in [0, 0.05) is 31.6 Å².